The Morgan fingerprint density at radius 3 is 2.85 bits per heavy atom. The van der Waals surface area contributed by atoms with Gasteiger partial charge in [0.05, 0.1) is 11.7 Å². The minimum atomic E-state index is -0.312. The summed E-state index contributed by atoms with van der Waals surface area (Å²) in [4.78, 5) is 16.2. The van der Waals surface area contributed by atoms with Gasteiger partial charge in [0.25, 0.3) is 0 Å². The predicted molar refractivity (Wildman–Crippen MR) is 98.1 cm³/mol. The molecule has 1 fully saturated rings. The molecular formula is C20H15FN4O. The summed E-state index contributed by atoms with van der Waals surface area (Å²) < 4.78 is 13.9. The first kappa shape index (κ1) is 15.0. The lowest BCUT2D eigenvalue weighted by Crippen LogP contribution is -2.14. The van der Waals surface area contributed by atoms with E-state index < -0.39 is 0 Å². The maximum Gasteiger partial charge on any atom is 0.228 e. The number of nitrogens with one attached hydrogen (secondary N) is 2. The molecule has 0 radical (unpaired) electrons. The largest absolute Gasteiger partial charge is 0.310 e. The maximum absolute atomic E-state index is 13.9. The molecule has 0 unspecified atom stereocenters. The van der Waals surface area contributed by atoms with Crippen molar-refractivity contribution in [2.45, 2.75) is 12.8 Å². The van der Waals surface area contributed by atoms with Crippen LogP contribution in [0.1, 0.15) is 12.8 Å². The number of hydrogen-bond acceptors (Lipinski definition) is 3. The second-order valence-corrected chi connectivity index (χ2v) is 6.68. The van der Waals surface area contributed by atoms with Gasteiger partial charge in [0.2, 0.25) is 5.91 Å². The number of aromatic amines is 1. The molecule has 0 aliphatic heterocycles. The van der Waals surface area contributed by atoms with Crippen molar-refractivity contribution in [2.24, 2.45) is 5.92 Å². The Balaban J connectivity index is 1.55. The molecule has 26 heavy (non-hydrogen) atoms. The first-order valence-corrected chi connectivity index (χ1v) is 8.51. The van der Waals surface area contributed by atoms with Crippen molar-refractivity contribution >= 4 is 33.4 Å². The Bertz CT molecular complexity index is 1160. The van der Waals surface area contributed by atoms with Gasteiger partial charge in [0.1, 0.15) is 11.6 Å². The average molecular weight is 346 g/mol. The van der Waals surface area contributed by atoms with E-state index >= 15 is 0 Å². The molecule has 1 amide bonds. The van der Waals surface area contributed by atoms with Gasteiger partial charge in [-0.1, -0.05) is 12.1 Å². The number of nitrogens with zero attached hydrogens (tertiary/aromatic N) is 2. The van der Waals surface area contributed by atoms with Gasteiger partial charge in [-0.25, -0.2) is 9.37 Å². The van der Waals surface area contributed by atoms with Crippen molar-refractivity contribution in [1.29, 1.82) is 0 Å². The van der Waals surface area contributed by atoms with E-state index in [4.69, 9.17) is 0 Å². The van der Waals surface area contributed by atoms with Crippen molar-refractivity contribution in [2.75, 3.05) is 5.32 Å². The number of rotatable bonds is 3. The summed E-state index contributed by atoms with van der Waals surface area (Å²) in [7, 11) is 0. The number of amides is 1. The van der Waals surface area contributed by atoms with Crippen LogP contribution in [0.2, 0.25) is 0 Å². The molecule has 1 aliphatic carbocycles. The first-order chi connectivity index (χ1) is 12.7. The molecule has 1 aliphatic rings. The van der Waals surface area contributed by atoms with Gasteiger partial charge in [-0.2, -0.15) is 5.10 Å². The van der Waals surface area contributed by atoms with Crippen molar-refractivity contribution in [3.63, 3.8) is 0 Å². The van der Waals surface area contributed by atoms with Crippen molar-refractivity contribution in [3.05, 3.63) is 54.6 Å². The summed E-state index contributed by atoms with van der Waals surface area (Å²) in [6.07, 6.45) is 5.34. The third-order valence-corrected chi connectivity index (χ3v) is 4.76. The minimum Gasteiger partial charge on any atom is -0.310 e. The zero-order chi connectivity index (χ0) is 17.7. The smallest absolute Gasteiger partial charge is 0.228 e. The first-order valence-electron chi connectivity index (χ1n) is 8.51. The number of H-pyrrole nitrogens is 1. The van der Waals surface area contributed by atoms with E-state index in [1.807, 2.05) is 24.3 Å². The molecule has 0 spiro atoms. The molecule has 2 heterocycles. The van der Waals surface area contributed by atoms with Gasteiger partial charge in [0.15, 0.2) is 0 Å². The quantitative estimate of drug-likeness (QED) is 0.582. The molecule has 2 aromatic heterocycles. The number of benzene rings is 2. The zero-order valence-corrected chi connectivity index (χ0v) is 13.8. The molecule has 0 saturated heterocycles. The summed E-state index contributed by atoms with van der Waals surface area (Å²) in [6.45, 7) is 0. The van der Waals surface area contributed by atoms with Crippen molar-refractivity contribution < 1.29 is 9.18 Å². The van der Waals surface area contributed by atoms with Crippen LogP contribution >= 0.6 is 0 Å². The van der Waals surface area contributed by atoms with Gasteiger partial charge in [-0.15, -0.1) is 0 Å². The zero-order valence-electron chi connectivity index (χ0n) is 13.8. The minimum absolute atomic E-state index is 0.0376. The Kier molecular flexibility index (Phi) is 3.25. The van der Waals surface area contributed by atoms with E-state index in [9.17, 15) is 9.18 Å². The molecule has 0 bridgehead atoms. The fourth-order valence-electron chi connectivity index (χ4n) is 3.21. The number of aromatic nitrogens is 3. The molecule has 0 atom stereocenters. The molecular weight excluding hydrogens is 331 g/mol. The standard InChI is InChI=1S/C20H15FN4O/c21-15-7-16(17-10-23-25-18(17)8-15)13-4-3-12-6-19(22-9-14(12)5-13)24-20(26)11-1-2-11/h3-11H,1-2H2,(H,23,25)(H,22,24,26). The molecule has 2 N–H and O–H groups in total. The van der Waals surface area contributed by atoms with Crippen LogP contribution < -0.4 is 5.32 Å². The Morgan fingerprint density at radius 2 is 2.00 bits per heavy atom. The third-order valence-electron chi connectivity index (χ3n) is 4.76. The van der Waals surface area contributed by atoms with E-state index in [0.29, 0.717) is 11.3 Å². The SMILES string of the molecule is O=C(Nc1cc2ccc(-c3cc(F)cc4[nH]ncc34)cc2cn1)C1CC1. The highest BCUT2D eigenvalue weighted by atomic mass is 19.1. The number of anilines is 1. The van der Waals surface area contributed by atoms with E-state index in [-0.39, 0.29) is 17.6 Å². The molecule has 128 valence electrons. The summed E-state index contributed by atoms with van der Waals surface area (Å²) in [5, 5.41) is 12.4. The second kappa shape index (κ2) is 5.62. The van der Waals surface area contributed by atoms with E-state index in [1.54, 1.807) is 12.4 Å². The monoisotopic (exact) mass is 346 g/mol. The van der Waals surface area contributed by atoms with Gasteiger partial charge in [-0.3, -0.25) is 9.89 Å². The van der Waals surface area contributed by atoms with Crippen molar-refractivity contribution in [1.82, 2.24) is 15.2 Å². The third kappa shape index (κ3) is 2.60. The fraction of sp³-hybridized carbons (Fsp3) is 0.150. The number of carbonyl (C=O) groups is 1. The molecule has 5 nitrogen and oxygen atoms in total. The highest BCUT2D eigenvalue weighted by molar-refractivity contribution is 5.99. The van der Waals surface area contributed by atoms with Gasteiger partial charge < -0.3 is 5.32 Å². The highest BCUT2D eigenvalue weighted by Gasteiger charge is 2.29. The summed E-state index contributed by atoms with van der Waals surface area (Å²) in [6, 6.07) is 10.7. The Morgan fingerprint density at radius 1 is 1.12 bits per heavy atom. The van der Waals surface area contributed by atoms with Crippen LogP contribution in [0.25, 0.3) is 32.8 Å². The lowest BCUT2D eigenvalue weighted by molar-refractivity contribution is -0.117. The summed E-state index contributed by atoms with van der Waals surface area (Å²) >= 11 is 0. The molecule has 2 aromatic carbocycles. The summed E-state index contributed by atoms with van der Waals surface area (Å²) in [5.74, 6) is 0.425. The number of hydrogen-bond donors (Lipinski definition) is 2. The number of carbonyl (C=O) groups excluding carboxylic acids is 1. The second-order valence-electron chi connectivity index (χ2n) is 6.68. The van der Waals surface area contributed by atoms with Crippen LogP contribution in [0.5, 0.6) is 0 Å². The molecule has 5 rings (SSSR count). The number of halogens is 1. The Labute approximate surface area is 148 Å². The van der Waals surface area contributed by atoms with Crippen LogP contribution in [-0.2, 0) is 4.79 Å². The topological polar surface area (TPSA) is 70.7 Å². The average Bonchev–Trinajstić information content (AvgIpc) is 3.39. The van der Waals surface area contributed by atoms with Crippen LogP contribution in [-0.4, -0.2) is 21.1 Å². The number of pyridine rings is 1. The number of fused-ring (bicyclic) bond motifs is 2. The summed E-state index contributed by atoms with van der Waals surface area (Å²) in [5.41, 5.74) is 2.33. The van der Waals surface area contributed by atoms with Crippen molar-refractivity contribution in [3.8, 4) is 11.1 Å². The molecule has 4 aromatic rings. The van der Waals surface area contributed by atoms with Gasteiger partial charge in [0, 0.05) is 22.9 Å². The van der Waals surface area contributed by atoms with Crippen LogP contribution in [0.15, 0.2) is 48.8 Å². The molecule has 1 saturated carbocycles. The predicted octanol–water partition coefficient (Wildman–Crippen LogP) is 4.27. The van der Waals surface area contributed by atoms with Crippen LogP contribution in [0, 0.1) is 11.7 Å². The highest BCUT2D eigenvalue weighted by Crippen LogP contribution is 2.32. The van der Waals surface area contributed by atoms with E-state index in [2.05, 4.69) is 20.5 Å². The lowest BCUT2D eigenvalue weighted by Gasteiger charge is -2.08. The normalized spacial score (nSPS) is 14.0. The Hall–Kier alpha value is -3.28. The molecule has 6 heteroatoms. The maximum atomic E-state index is 13.9. The van der Waals surface area contributed by atoms with Gasteiger partial charge in [-0.05, 0) is 53.6 Å². The van der Waals surface area contributed by atoms with Gasteiger partial charge >= 0.3 is 0 Å². The lowest BCUT2D eigenvalue weighted by atomic mass is 9.99. The fourth-order valence-corrected chi connectivity index (χ4v) is 3.21. The van der Waals surface area contributed by atoms with E-state index in [0.717, 1.165) is 40.1 Å². The van der Waals surface area contributed by atoms with Crippen LogP contribution in [0.4, 0.5) is 10.2 Å². The van der Waals surface area contributed by atoms with E-state index in [1.165, 1.54) is 12.1 Å². The van der Waals surface area contributed by atoms with Crippen LogP contribution in [0.3, 0.4) is 0 Å².